The lowest BCUT2D eigenvalue weighted by atomic mass is 10.1. The molecular weight excluding hydrogens is 452 g/mol. The highest BCUT2D eigenvalue weighted by molar-refractivity contribution is 9.10. The lowest BCUT2D eigenvalue weighted by Crippen LogP contribution is -2.51. The molecule has 2 saturated heterocycles. The molecule has 2 fully saturated rings. The first kappa shape index (κ1) is 21.0. The minimum Gasteiger partial charge on any atom is -0.342 e. The van der Waals surface area contributed by atoms with Gasteiger partial charge in [-0.1, -0.05) is 15.9 Å². The Morgan fingerprint density at radius 2 is 1.47 bits per heavy atom. The summed E-state index contributed by atoms with van der Waals surface area (Å²) in [7, 11) is 0. The fourth-order valence-corrected chi connectivity index (χ4v) is 4.61. The van der Waals surface area contributed by atoms with E-state index in [0.29, 0.717) is 43.9 Å². The van der Waals surface area contributed by atoms with Crippen molar-refractivity contribution in [2.45, 2.75) is 19.3 Å². The van der Waals surface area contributed by atoms with Gasteiger partial charge in [-0.2, -0.15) is 0 Å². The third-order valence-corrected chi connectivity index (χ3v) is 6.52. The lowest BCUT2D eigenvalue weighted by Gasteiger charge is -2.35. The largest absolute Gasteiger partial charge is 0.342 e. The predicted octanol–water partition coefficient (Wildman–Crippen LogP) is 1.20. The second kappa shape index (κ2) is 8.85. The average molecular weight is 477 g/mol. The fourth-order valence-electron chi connectivity index (χ4n) is 4.24. The van der Waals surface area contributed by atoms with Crippen molar-refractivity contribution in [2.24, 2.45) is 0 Å². The van der Waals surface area contributed by atoms with Crippen LogP contribution >= 0.6 is 15.9 Å². The maximum absolute atomic E-state index is 12.6. The molecule has 30 heavy (non-hydrogen) atoms. The van der Waals surface area contributed by atoms with Crippen LogP contribution in [0.2, 0.25) is 0 Å². The van der Waals surface area contributed by atoms with Crippen molar-refractivity contribution in [3.05, 3.63) is 33.8 Å². The number of piperazine rings is 1. The minimum atomic E-state index is -0.352. The molecule has 3 heterocycles. The molecule has 4 rings (SSSR count). The molecule has 0 N–H and O–H groups in total. The number of carbonyl (C=O) groups is 4. The Morgan fingerprint density at radius 3 is 2.17 bits per heavy atom. The smallest absolute Gasteiger partial charge is 0.261 e. The normalized spacial score (nSPS) is 19.6. The molecule has 0 saturated carbocycles. The van der Waals surface area contributed by atoms with Crippen molar-refractivity contribution >= 4 is 39.6 Å². The van der Waals surface area contributed by atoms with E-state index in [1.165, 1.54) is 0 Å². The van der Waals surface area contributed by atoms with Gasteiger partial charge in [0, 0.05) is 56.7 Å². The predicted molar refractivity (Wildman–Crippen MR) is 113 cm³/mol. The molecule has 0 atom stereocenters. The van der Waals surface area contributed by atoms with Gasteiger partial charge in [-0.15, -0.1) is 0 Å². The van der Waals surface area contributed by atoms with Crippen LogP contribution in [0, 0.1) is 0 Å². The Labute approximate surface area is 183 Å². The Bertz CT molecular complexity index is 876. The highest BCUT2D eigenvalue weighted by Gasteiger charge is 2.36. The van der Waals surface area contributed by atoms with Crippen molar-refractivity contribution < 1.29 is 19.2 Å². The van der Waals surface area contributed by atoms with Gasteiger partial charge in [-0.05, 0) is 31.0 Å². The van der Waals surface area contributed by atoms with E-state index in [-0.39, 0.29) is 36.6 Å². The molecule has 0 radical (unpaired) electrons. The number of rotatable bonds is 5. The Hall–Kier alpha value is -2.26. The molecule has 0 unspecified atom stereocenters. The van der Waals surface area contributed by atoms with Gasteiger partial charge in [0.1, 0.15) is 0 Å². The van der Waals surface area contributed by atoms with Gasteiger partial charge < -0.3 is 9.80 Å². The van der Waals surface area contributed by atoms with Crippen molar-refractivity contribution in [3.63, 3.8) is 0 Å². The Balaban J connectivity index is 1.24. The molecule has 4 amide bonds. The summed E-state index contributed by atoms with van der Waals surface area (Å²) < 4.78 is 0.737. The van der Waals surface area contributed by atoms with Crippen LogP contribution in [0.5, 0.6) is 0 Å². The maximum Gasteiger partial charge on any atom is 0.261 e. The number of hydrogen-bond donors (Lipinski definition) is 0. The molecule has 9 heteroatoms. The molecule has 0 bridgehead atoms. The number of fused-ring (bicyclic) bond motifs is 1. The molecule has 0 aliphatic carbocycles. The van der Waals surface area contributed by atoms with Gasteiger partial charge in [-0.3, -0.25) is 29.0 Å². The number of hydrogen-bond acceptors (Lipinski definition) is 5. The summed E-state index contributed by atoms with van der Waals surface area (Å²) in [5.41, 5.74) is 0.755. The summed E-state index contributed by atoms with van der Waals surface area (Å²) in [4.78, 5) is 56.8. The molecule has 3 aliphatic rings. The van der Waals surface area contributed by atoms with Crippen molar-refractivity contribution in [1.82, 2.24) is 19.6 Å². The quantitative estimate of drug-likeness (QED) is 0.596. The first-order chi connectivity index (χ1) is 14.4. The van der Waals surface area contributed by atoms with Crippen LogP contribution in [0.1, 0.15) is 40.0 Å². The van der Waals surface area contributed by atoms with Crippen LogP contribution in [-0.2, 0) is 9.59 Å². The first-order valence-electron chi connectivity index (χ1n) is 10.4. The Kier molecular flexibility index (Phi) is 6.19. The number of halogens is 1. The molecule has 0 aromatic heterocycles. The van der Waals surface area contributed by atoms with E-state index >= 15 is 0 Å². The zero-order valence-corrected chi connectivity index (χ0v) is 18.4. The summed E-state index contributed by atoms with van der Waals surface area (Å²) in [6, 6.07) is 5.00. The lowest BCUT2D eigenvalue weighted by molar-refractivity contribution is -0.134. The second-order valence-electron chi connectivity index (χ2n) is 7.95. The van der Waals surface area contributed by atoms with Crippen LogP contribution in [0.25, 0.3) is 0 Å². The van der Waals surface area contributed by atoms with E-state index in [0.717, 1.165) is 35.3 Å². The van der Waals surface area contributed by atoms with Crippen molar-refractivity contribution in [3.8, 4) is 0 Å². The Morgan fingerprint density at radius 1 is 0.833 bits per heavy atom. The van der Waals surface area contributed by atoms with Gasteiger partial charge in [0.2, 0.25) is 11.8 Å². The number of benzene rings is 1. The van der Waals surface area contributed by atoms with Gasteiger partial charge in [-0.25, -0.2) is 0 Å². The van der Waals surface area contributed by atoms with E-state index < -0.39 is 0 Å². The molecule has 1 aromatic carbocycles. The van der Waals surface area contributed by atoms with Crippen LogP contribution in [0.3, 0.4) is 0 Å². The highest BCUT2D eigenvalue weighted by atomic mass is 79.9. The summed E-state index contributed by atoms with van der Waals surface area (Å²) in [5, 5.41) is 0. The third kappa shape index (κ3) is 4.27. The molecular formula is C21H25BrN4O4. The summed E-state index contributed by atoms with van der Waals surface area (Å²) in [5.74, 6) is -0.599. The zero-order valence-electron chi connectivity index (χ0n) is 16.8. The number of likely N-dealkylation sites (tertiary alicyclic amines) is 1. The fraction of sp³-hybridized carbons (Fsp3) is 0.524. The van der Waals surface area contributed by atoms with Crippen LogP contribution in [0.15, 0.2) is 22.7 Å². The monoisotopic (exact) mass is 476 g/mol. The highest BCUT2D eigenvalue weighted by Crippen LogP contribution is 2.26. The molecule has 3 aliphatic heterocycles. The summed E-state index contributed by atoms with van der Waals surface area (Å²) in [6.07, 6.45) is 2.27. The van der Waals surface area contributed by atoms with E-state index in [4.69, 9.17) is 0 Å². The van der Waals surface area contributed by atoms with Gasteiger partial charge in [0.05, 0.1) is 17.7 Å². The van der Waals surface area contributed by atoms with Gasteiger partial charge in [0.15, 0.2) is 0 Å². The van der Waals surface area contributed by atoms with Gasteiger partial charge >= 0.3 is 0 Å². The molecule has 1 aromatic rings. The van der Waals surface area contributed by atoms with E-state index in [9.17, 15) is 19.2 Å². The molecule has 8 nitrogen and oxygen atoms in total. The standard InChI is InChI=1S/C21H25BrN4O4/c22-15-3-4-16-17(13-15)21(30)26(20(16)29)8-5-18(27)25-11-9-23(10-12-25)14-19(28)24-6-1-2-7-24/h3-4,13H,1-2,5-12,14H2. The third-order valence-electron chi connectivity index (χ3n) is 6.02. The summed E-state index contributed by atoms with van der Waals surface area (Å²) >= 11 is 3.31. The number of amides is 4. The van der Waals surface area contributed by atoms with E-state index in [1.54, 1.807) is 23.1 Å². The van der Waals surface area contributed by atoms with Crippen molar-refractivity contribution in [2.75, 3.05) is 52.4 Å². The van der Waals surface area contributed by atoms with Crippen LogP contribution < -0.4 is 0 Å². The second-order valence-corrected chi connectivity index (χ2v) is 8.86. The summed E-state index contributed by atoms with van der Waals surface area (Å²) in [6.45, 7) is 4.63. The first-order valence-corrected chi connectivity index (χ1v) is 11.2. The number of nitrogens with zero attached hydrogens (tertiary/aromatic N) is 4. The maximum atomic E-state index is 12.6. The molecule has 160 valence electrons. The van der Waals surface area contributed by atoms with E-state index in [1.807, 2.05) is 4.90 Å². The minimum absolute atomic E-state index is 0.0711. The average Bonchev–Trinajstić information content (AvgIpc) is 3.35. The number of imide groups is 1. The van der Waals surface area contributed by atoms with Gasteiger partial charge in [0.25, 0.3) is 11.8 Å². The SMILES string of the molecule is O=C(CCN1C(=O)c2ccc(Br)cc2C1=O)N1CCN(CC(=O)N2CCCC2)CC1. The molecule has 0 spiro atoms. The van der Waals surface area contributed by atoms with Crippen LogP contribution in [0.4, 0.5) is 0 Å². The van der Waals surface area contributed by atoms with Crippen LogP contribution in [-0.4, -0.2) is 95.6 Å². The zero-order chi connectivity index (χ0) is 21.3. The topological polar surface area (TPSA) is 81.2 Å². The van der Waals surface area contributed by atoms with Crippen molar-refractivity contribution in [1.29, 1.82) is 0 Å². The van der Waals surface area contributed by atoms with E-state index in [2.05, 4.69) is 20.8 Å². The number of carbonyl (C=O) groups excluding carboxylic acids is 4.